The molecule has 60 nitrogen and oxygen atoms in total. The van der Waals surface area contributed by atoms with Crippen molar-refractivity contribution in [1.82, 2.24) is 5.32 Å². The van der Waals surface area contributed by atoms with Gasteiger partial charge in [-0.25, -0.2) is 9.59 Å². The van der Waals surface area contributed by atoms with Crippen molar-refractivity contribution in [3.8, 4) is 0 Å². The molecule has 0 radical (unpaired) electrons. The van der Waals surface area contributed by atoms with E-state index in [2.05, 4.69) is 5.32 Å². The molecule has 0 saturated carbocycles. The highest BCUT2D eigenvalue weighted by Gasteiger charge is 2.65. The normalized spacial score (nSPS) is 46.9. The number of hydrogen-bond donors (Lipinski definition) is 36. The van der Waals surface area contributed by atoms with Crippen LogP contribution in [0.4, 0.5) is 0 Å². The van der Waals surface area contributed by atoms with Crippen LogP contribution in [0.3, 0.4) is 0 Å². The van der Waals surface area contributed by atoms with Crippen LogP contribution in [0, 0.1) is 23.7 Å². The molecule has 822 valence electrons. The average Bonchev–Trinajstić information content (AvgIpc) is 0.734. The quantitative estimate of drug-likeness (QED) is 0.0116. The zero-order valence-corrected chi connectivity index (χ0v) is 78.5. The number of aliphatic hydroxyl groups excluding tert-OH is 31. The summed E-state index contributed by atoms with van der Waals surface area (Å²) in [4.78, 5) is 37.6. The molecule has 10 aliphatic rings. The minimum Gasteiger partial charge on any atom is -0.477 e. The number of nitrogens with one attached hydrogen (secondary N) is 1. The molecule has 10 rings (SSSR count). The van der Waals surface area contributed by atoms with Crippen molar-refractivity contribution in [1.29, 1.82) is 0 Å². The van der Waals surface area contributed by atoms with E-state index in [1.54, 1.807) is 0 Å². The first kappa shape index (κ1) is 120. The summed E-state index contributed by atoms with van der Waals surface area (Å²) in [6.07, 6.45) is -97.1. The Kier molecular flexibility index (Phi) is 44.5. The van der Waals surface area contributed by atoms with Gasteiger partial charge in [-0.05, 0) is 6.42 Å². The fourth-order valence-electron chi connectivity index (χ4n) is 18.2. The van der Waals surface area contributed by atoms with Gasteiger partial charge in [0.25, 0.3) is 11.6 Å². The molecule has 0 spiro atoms. The van der Waals surface area contributed by atoms with Crippen LogP contribution in [0.2, 0.25) is 0 Å². The number of alkyl halides is 1. The van der Waals surface area contributed by atoms with E-state index in [1.165, 1.54) is 27.7 Å². The summed E-state index contributed by atoms with van der Waals surface area (Å²) in [5.41, 5.74) is 9.36. The second-order valence-electron chi connectivity index (χ2n) is 36.5. The van der Waals surface area contributed by atoms with Gasteiger partial charge >= 0.3 is 11.9 Å². The molecule has 0 aromatic heterocycles. The predicted molar refractivity (Wildman–Crippen MR) is 451 cm³/mol. The SMILES string of the molecule is CC1C(OC2C(CO)OC(OCCNC(=O)CI)C(C)C2O)OC(CO)C(OC(O)C(O)C(OC2OC(CO)C(O)C(O)C2OC2OC(CO)C(OC3OC(COC4(C(=O)O)CC(O)C(N)C(CO)([C@H](O)CO)O4)C(O)C(O)C3O)C(O)C2C)C(O)CCOC2OC(CO)C(O)C(O)C2OC2OC(CO)C(OC3OC(COC4(C(=O)O)CC(O)C(N)C([C@H](O)[C@H](O)CO)O4)C(O)C(O)C3O)C(O)C2C)C1O. The first-order chi connectivity index (χ1) is 66.5. The molecule has 0 aliphatic carbocycles. The summed E-state index contributed by atoms with van der Waals surface area (Å²) in [5.74, 6) is -15.6. The van der Waals surface area contributed by atoms with Crippen molar-refractivity contribution in [3.05, 3.63) is 0 Å². The third-order valence-corrected chi connectivity index (χ3v) is 27.8. The number of aliphatic hydroxyl groups is 31. The maximum atomic E-state index is 12.9. The number of carbonyl (C=O) groups excluding carboxylic acids is 1. The van der Waals surface area contributed by atoms with Gasteiger partial charge in [0.2, 0.25) is 5.91 Å². The van der Waals surface area contributed by atoms with Crippen molar-refractivity contribution in [3.63, 3.8) is 0 Å². The summed E-state index contributed by atoms with van der Waals surface area (Å²) in [7, 11) is 0. The maximum Gasteiger partial charge on any atom is 0.364 e. The van der Waals surface area contributed by atoms with E-state index < -0.39 is 446 Å². The molecule has 1 amide bonds. The Labute approximate surface area is 815 Å². The molecule has 52 unspecified atom stereocenters. The molecular formula is C80H138IN3O57. The average molecular weight is 2180 g/mol. The minimum atomic E-state index is -3.08. The van der Waals surface area contributed by atoms with E-state index in [0.29, 0.717) is 0 Å². The van der Waals surface area contributed by atoms with E-state index in [1.807, 2.05) is 22.6 Å². The molecule has 38 N–H and O–H groups in total. The first-order valence-corrected chi connectivity index (χ1v) is 47.0. The Morgan fingerprint density at radius 2 is 0.794 bits per heavy atom. The smallest absolute Gasteiger partial charge is 0.364 e. The Morgan fingerprint density at radius 1 is 0.411 bits per heavy atom. The summed E-state index contributed by atoms with van der Waals surface area (Å²) < 4.78 is 124. The van der Waals surface area contributed by atoms with Gasteiger partial charge in [0.1, 0.15) is 189 Å². The minimum absolute atomic E-state index is 0.0460. The van der Waals surface area contributed by atoms with Crippen molar-refractivity contribution in [2.24, 2.45) is 35.1 Å². The lowest BCUT2D eigenvalue weighted by Crippen LogP contribution is -2.74. The zero-order valence-electron chi connectivity index (χ0n) is 76.3. The number of ether oxygens (including phenoxy) is 21. The maximum absolute atomic E-state index is 12.9. The highest BCUT2D eigenvalue weighted by molar-refractivity contribution is 14.1. The highest BCUT2D eigenvalue weighted by atomic mass is 127. The number of carboxylic acid groups (broad SMARTS) is 2. The van der Waals surface area contributed by atoms with E-state index in [4.69, 9.17) is 111 Å². The summed E-state index contributed by atoms with van der Waals surface area (Å²) in [6, 6.07) is -3.35. The zero-order chi connectivity index (χ0) is 105. The van der Waals surface area contributed by atoms with Gasteiger partial charge in [-0.2, -0.15) is 0 Å². The van der Waals surface area contributed by atoms with Crippen molar-refractivity contribution >= 4 is 40.4 Å². The molecule has 10 heterocycles. The molecule has 55 atom stereocenters. The van der Waals surface area contributed by atoms with Crippen molar-refractivity contribution in [2.75, 3.05) is 96.9 Å². The van der Waals surface area contributed by atoms with Gasteiger partial charge in [-0.3, -0.25) is 4.79 Å². The number of halogens is 1. The lowest BCUT2D eigenvalue weighted by Gasteiger charge is -2.52. The van der Waals surface area contributed by atoms with Crippen molar-refractivity contribution < 1.29 is 282 Å². The number of nitrogens with two attached hydrogens (primary N) is 2. The Bertz CT molecular complexity index is 3790. The monoisotopic (exact) mass is 2180 g/mol. The van der Waals surface area contributed by atoms with E-state index in [-0.39, 0.29) is 23.5 Å². The first-order valence-electron chi connectivity index (χ1n) is 45.5. The molecular weight excluding hydrogens is 2040 g/mol. The molecule has 141 heavy (non-hydrogen) atoms. The van der Waals surface area contributed by atoms with E-state index in [0.717, 1.165) is 0 Å². The second-order valence-corrected chi connectivity index (χ2v) is 37.3. The molecule has 10 aliphatic heterocycles. The fourth-order valence-corrected chi connectivity index (χ4v) is 18.4. The lowest BCUT2D eigenvalue weighted by molar-refractivity contribution is -0.390. The third-order valence-electron chi connectivity index (χ3n) is 27.2. The lowest BCUT2D eigenvalue weighted by atomic mass is 9.80. The Morgan fingerprint density at radius 3 is 1.23 bits per heavy atom. The Hall–Kier alpha value is -3.02. The predicted octanol–water partition coefficient (Wildman–Crippen LogP) is -21.0. The van der Waals surface area contributed by atoms with Gasteiger partial charge in [0.05, 0.1) is 145 Å². The van der Waals surface area contributed by atoms with Gasteiger partial charge in [-0.15, -0.1) is 0 Å². The number of carboxylic acids is 2. The van der Waals surface area contributed by atoms with Crippen LogP contribution in [-0.4, -0.2) is 595 Å². The number of amides is 1. The molecule has 61 heteroatoms. The van der Waals surface area contributed by atoms with Crippen LogP contribution in [0.5, 0.6) is 0 Å². The number of rotatable bonds is 46. The largest absolute Gasteiger partial charge is 0.477 e. The number of hydrogen-bond acceptors (Lipinski definition) is 57. The topological polar surface area (TPSA) is 977 Å². The fraction of sp³-hybridized carbons (Fsp3) is 0.963. The molecule has 10 saturated heterocycles. The van der Waals surface area contributed by atoms with E-state index >= 15 is 0 Å². The summed E-state index contributed by atoms with van der Waals surface area (Å²) >= 11 is 1.85. The second kappa shape index (κ2) is 52.3. The van der Waals surface area contributed by atoms with Crippen LogP contribution in [0.15, 0.2) is 0 Å². The van der Waals surface area contributed by atoms with Gasteiger partial charge in [-0.1, -0.05) is 50.3 Å². The number of carbonyl (C=O) groups is 3. The van der Waals surface area contributed by atoms with Crippen LogP contribution < -0.4 is 16.8 Å². The summed E-state index contributed by atoms with van der Waals surface area (Å²) in [5, 5.41) is 370. The standard InChI is InChI=1S/C80H138IN3O57/c1-23-42(100)60(34(16-89)127-68(23)122-8-6-84-40(99)11-81)135-69-24(2)43(101)59(33(15-88)128-69)133-67(116)57(115)58(134-75-65(54(112)48(106)32(14-87)126-75)139-71-26(4)45(103)62(36(18-91)130-71)137-73-56(114)52(110)50(108)38(132-73)21-124-80(77(119)120)10-29(96)66(83)78(22-93,141-80)39(98)19-92)27(94)5-7-121-74-64(53(111)47(105)31(13-86)125-74)138-70-25(3)44(102)61(35(17-90)129-70)136-72-55(113)51(109)49(107)37(131-72)20-123-79(76(117)118)9-28(95)41(82)63(140-79)46(104)30(97)12-85/h23-39,41-75,85-98,100-116H,5-22,82-83H2,1-4H3,(H,84,99)(H,117,118)(H,119,120)/t23?,24?,25?,26?,27?,28?,29?,30-,31?,32?,33?,34?,35?,36?,37?,38?,39-,41?,42?,43?,44?,45?,46-,47?,48?,49?,50?,51?,52?,53?,54?,55?,56?,57?,58?,59?,60?,61?,62?,63?,64?,65?,66?,67?,68?,69?,70?,71?,72?,73?,74?,75?,78?,79?,80?/m1/s1. The third kappa shape index (κ3) is 26.3. The molecule has 0 bridgehead atoms. The molecule has 10 fully saturated rings. The van der Waals surface area contributed by atoms with Gasteiger partial charge in [0.15, 0.2) is 56.6 Å². The van der Waals surface area contributed by atoms with Gasteiger partial charge in [0, 0.05) is 43.1 Å². The number of aliphatic carboxylic acids is 2. The molecule has 0 aromatic rings. The van der Waals surface area contributed by atoms with Crippen LogP contribution >= 0.6 is 22.6 Å². The van der Waals surface area contributed by atoms with Crippen LogP contribution in [0.25, 0.3) is 0 Å². The van der Waals surface area contributed by atoms with Crippen molar-refractivity contribution in [2.45, 2.75) is 359 Å². The van der Waals surface area contributed by atoms with Gasteiger partial charge < -0.3 is 285 Å². The van der Waals surface area contributed by atoms with Crippen LogP contribution in [0.1, 0.15) is 47.0 Å². The van der Waals surface area contributed by atoms with E-state index in [9.17, 15) is 183 Å². The summed E-state index contributed by atoms with van der Waals surface area (Å²) in [6.45, 7) is -8.19. The molecule has 0 aromatic carbocycles. The van der Waals surface area contributed by atoms with Crippen LogP contribution in [-0.2, 0) is 114 Å². The Balaban J connectivity index is 0.880. The highest BCUT2D eigenvalue weighted by Crippen LogP contribution is 2.45.